The van der Waals surface area contributed by atoms with Gasteiger partial charge in [-0.1, -0.05) is 40.9 Å². The van der Waals surface area contributed by atoms with Crippen LogP contribution in [0.15, 0.2) is 22.7 Å². The largest absolute Gasteiger partial charge is 0.452 e. The topological polar surface area (TPSA) is 80.8 Å². The van der Waals surface area contributed by atoms with Crippen molar-refractivity contribution in [3.63, 3.8) is 0 Å². The van der Waals surface area contributed by atoms with Gasteiger partial charge < -0.3 is 9.64 Å². The van der Waals surface area contributed by atoms with Crippen molar-refractivity contribution < 1.29 is 22.7 Å². The van der Waals surface area contributed by atoms with Crippen molar-refractivity contribution in [3.8, 4) is 0 Å². The quantitative estimate of drug-likeness (QED) is 0.577. The van der Waals surface area contributed by atoms with E-state index in [1.54, 1.807) is 12.1 Å². The molecule has 0 N–H and O–H groups in total. The first-order valence-electron chi connectivity index (χ1n) is 8.35. The molecule has 1 aliphatic heterocycles. The van der Waals surface area contributed by atoms with E-state index in [1.165, 1.54) is 11.0 Å². The number of ether oxygens (including phenoxy) is 1. The number of rotatable bonds is 7. The third kappa shape index (κ3) is 5.69. The molecule has 2 rings (SSSR count). The normalized spacial score (nSPS) is 18.5. The Morgan fingerprint density at radius 2 is 2.12 bits per heavy atom. The molecule has 1 unspecified atom stereocenters. The van der Waals surface area contributed by atoms with E-state index in [-0.39, 0.29) is 34.0 Å². The fourth-order valence-corrected chi connectivity index (χ4v) is 5.09. The standard InChI is InChI=1S/C17H21BrClNO5S/c1-2-3-7-20(13-6-8-26(23,24)11-13)16(21)10-25-17(22)14-9-12(18)4-5-15(14)19/h4-5,9,13H,2-3,6-8,10-11H2,1H3. The Hall–Kier alpha value is -1.12. The molecule has 1 atom stereocenters. The summed E-state index contributed by atoms with van der Waals surface area (Å²) < 4.78 is 29.2. The predicted molar refractivity (Wildman–Crippen MR) is 103 cm³/mol. The van der Waals surface area contributed by atoms with Crippen LogP contribution in [0.2, 0.25) is 5.02 Å². The van der Waals surface area contributed by atoms with Crippen LogP contribution in [0.4, 0.5) is 0 Å². The zero-order valence-electron chi connectivity index (χ0n) is 14.4. The van der Waals surface area contributed by atoms with E-state index >= 15 is 0 Å². The lowest BCUT2D eigenvalue weighted by molar-refractivity contribution is -0.136. The van der Waals surface area contributed by atoms with Crippen LogP contribution in [0.3, 0.4) is 0 Å². The first-order chi connectivity index (χ1) is 12.2. The van der Waals surface area contributed by atoms with Gasteiger partial charge in [-0.05, 0) is 31.0 Å². The molecule has 1 fully saturated rings. The third-order valence-electron chi connectivity index (χ3n) is 4.20. The third-order valence-corrected chi connectivity index (χ3v) is 6.77. The van der Waals surface area contributed by atoms with Gasteiger partial charge in [0.25, 0.3) is 5.91 Å². The van der Waals surface area contributed by atoms with Crippen LogP contribution in [0, 0.1) is 0 Å². The van der Waals surface area contributed by atoms with Gasteiger partial charge >= 0.3 is 5.97 Å². The first kappa shape index (κ1) is 21.2. The highest BCUT2D eigenvalue weighted by Gasteiger charge is 2.34. The fraction of sp³-hybridized carbons (Fsp3) is 0.529. The summed E-state index contributed by atoms with van der Waals surface area (Å²) in [6.07, 6.45) is 2.05. The number of carbonyl (C=O) groups excluding carboxylic acids is 2. The van der Waals surface area contributed by atoms with E-state index < -0.39 is 22.4 Å². The smallest absolute Gasteiger partial charge is 0.340 e. The summed E-state index contributed by atoms with van der Waals surface area (Å²) in [5.41, 5.74) is 0.164. The van der Waals surface area contributed by atoms with Crippen LogP contribution < -0.4 is 0 Å². The molecule has 0 aromatic heterocycles. The molecule has 26 heavy (non-hydrogen) atoms. The highest BCUT2D eigenvalue weighted by molar-refractivity contribution is 9.10. The molecule has 0 saturated carbocycles. The van der Waals surface area contributed by atoms with Gasteiger partial charge in [-0.15, -0.1) is 0 Å². The van der Waals surface area contributed by atoms with Crippen molar-refractivity contribution in [3.05, 3.63) is 33.3 Å². The molecule has 0 spiro atoms. The summed E-state index contributed by atoms with van der Waals surface area (Å²) in [6, 6.07) is 4.42. The Kier molecular flexibility index (Phi) is 7.49. The van der Waals surface area contributed by atoms with Gasteiger partial charge in [-0.2, -0.15) is 0 Å². The van der Waals surface area contributed by atoms with Crippen molar-refractivity contribution >= 4 is 49.2 Å². The van der Waals surface area contributed by atoms with Crippen LogP contribution in [-0.4, -0.2) is 55.9 Å². The van der Waals surface area contributed by atoms with Crippen LogP contribution in [-0.2, 0) is 19.4 Å². The lowest BCUT2D eigenvalue weighted by Crippen LogP contribution is -2.43. The van der Waals surface area contributed by atoms with Gasteiger partial charge in [0.05, 0.1) is 22.1 Å². The Morgan fingerprint density at radius 1 is 1.38 bits per heavy atom. The number of hydrogen-bond acceptors (Lipinski definition) is 5. The molecule has 1 amide bonds. The average molecular weight is 467 g/mol. The van der Waals surface area contributed by atoms with Crippen molar-refractivity contribution in [2.45, 2.75) is 32.2 Å². The molecule has 6 nitrogen and oxygen atoms in total. The van der Waals surface area contributed by atoms with Crippen LogP contribution in [0.1, 0.15) is 36.5 Å². The second-order valence-corrected chi connectivity index (χ2v) is 9.75. The SMILES string of the molecule is CCCCN(C(=O)COC(=O)c1cc(Br)ccc1Cl)C1CCS(=O)(=O)C1. The van der Waals surface area contributed by atoms with Gasteiger partial charge in [0.1, 0.15) is 0 Å². The zero-order valence-corrected chi connectivity index (χ0v) is 17.6. The highest BCUT2D eigenvalue weighted by atomic mass is 79.9. The second kappa shape index (κ2) is 9.19. The maximum Gasteiger partial charge on any atom is 0.340 e. The molecule has 0 radical (unpaired) electrons. The minimum atomic E-state index is -3.11. The number of benzene rings is 1. The molecule has 1 aromatic carbocycles. The summed E-state index contributed by atoms with van der Waals surface area (Å²) in [7, 11) is -3.11. The van der Waals surface area contributed by atoms with Gasteiger partial charge in [0.2, 0.25) is 0 Å². The summed E-state index contributed by atoms with van der Waals surface area (Å²) in [6.45, 7) is 2.00. The Balaban J connectivity index is 2.02. The van der Waals surface area contributed by atoms with Crippen LogP contribution in [0.5, 0.6) is 0 Å². The van der Waals surface area contributed by atoms with Crippen LogP contribution >= 0.6 is 27.5 Å². The number of nitrogens with zero attached hydrogens (tertiary/aromatic N) is 1. The molecule has 1 aliphatic rings. The molecule has 1 saturated heterocycles. The summed E-state index contributed by atoms with van der Waals surface area (Å²) >= 11 is 9.24. The van der Waals surface area contributed by atoms with Gasteiger partial charge in [0.15, 0.2) is 16.4 Å². The minimum Gasteiger partial charge on any atom is -0.452 e. The monoisotopic (exact) mass is 465 g/mol. The summed E-state index contributed by atoms with van der Waals surface area (Å²) in [5, 5.41) is 0.232. The highest BCUT2D eigenvalue weighted by Crippen LogP contribution is 2.22. The van der Waals surface area contributed by atoms with E-state index in [2.05, 4.69) is 15.9 Å². The van der Waals surface area contributed by atoms with Crippen LogP contribution in [0.25, 0.3) is 0 Å². The molecule has 9 heteroatoms. The van der Waals surface area contributed by atoms with Gasteiger partial charge in [-0.25, -0.2) is 13.2 Å². The number of carbonyl (C=O) groups is 2. The summed E-state index contributed by atoms with van der Waals surface area (Å²) in [4.78, 5) is 26.3. The van der Waals surface area contributed by atoms with E-state index in [0.29, 0.717) is 17.4 Å². The molecule has 0 aliphatic carbocycles. The maximum absolute atomic E-state index is 12.5. The minimum absolute atomic E-state index is 0.0339. The van der Waals surface area contributed by atoms with Gasteiger partial charge in [0, 0.05) is 17.1 Å². The molecular formula is C17H21BrClNO5S. The summed E-state index contributed by atoms with van der Waals surface area (Å²) in [5.74, 6) is -1.03. The maximum atomic E-state index is 12.5. The number of sulfone groups is 1. The van der Waals surface area contributed by atoms with Crippen molar-refractivity contribution in [1.82, 2.24) is 4.90 Å². The molecular weight excluding hydrogens is 446 g/mol. The van der Waals surface area contributed by atoms with E-state index in [9.17, 15) is 18.0 Å². The van der Waals surface area contributed by atoms with Gasteiger partial charge in [-0.3, -0.25) is 4.79 Å². The van der Waals surface area contributed by atoms with E-state index in [1.807, 2.05) is 6.92 Å². The zero-order chi connectivity index (χ0) is 19.3. The lowest BCUT2D eigenvalue weighted by Gasteiger charge is -2.28. The van der Waals surface area contributed by atoms with E-state index in [0.717, 1.165) is 12.8 Å². The number of unbranched alkanes of at least 4 members (excludes halogenated alkanes) is 1. The predicted octanol–water partition coefficient (Wildman–Crippen LogP) is 3.08. The molecule has 1 aromatic rings. The molecule has 144 valence electrons. The number of hydrogen-bond donors (Lipinski definition) is 0. The Bertz CT molecular complexity index is 783. The Labute approximate surface area is 166 Å². The Morgan fingerprint density at radius 3 is 2.73 bits per heavy atom. The average Bonchev–Trinajstić information content (AvgIpc) is 2.94. The van der Waals surface area contributed by atoms with Crippen molar-refractivity contribution in [2.75, 3.05) is 24.7 Å². The second-order valence-electron chi connectivity index (χ2n) is 6.20. The number of halogens is 2. The van der Waals surface area contributed by atoms with E-state index in [4.69, 9.17) is 16.3 Å². The van der Waals surface area contributed by atoms with Crippen molar-refractivity contribution in [1.29, 1.82) is 0 Å². The number of esters is 1. The molecule has 0 bridgehead atoms. The number of amides is 1. The lowest BCUT2D eigenvalue weighted by atomic mass is 10.2. The first-order valence-corrected chi connectivity index (χ1v) is 11.3. The molecule has 1 heterocycles. The fourth-order valence-electron chi connectivity index (χ4n) is 2.80. The van der Waals surface area contributed by atoms with Crippen molar-refractivity contribution in [2.24, 2.45) is 0 Å².